The molecular formula is C13H24N2S. The quantitative estimate of drug-likeness (QED) is 0.713. The van der Waals surface area contributed by atoms with Gasteiger partial charge in [0, 0.05) is 24.4 Å². The summed E-state index contributed by atoms with van der Waals surface area (Å²) in [6, 6.07) is 0.711. The lowest BCUT2D eigenvalue weighted by Crippen LogP contribution is -2.43. The van der Waals surface area contributed by atoms with Crippen LogP contribution >= 0.6 is 11.8 Å². The van der Waals surface area contributed by atoms with Gasteiger partial charge in [-0.05, 0) is 32.1 Å². The van der Waals surface area contributed by atoms with Crippen molar-refractivity contribution in [3.05, 3.63) is 0 Å². The van der Waals surface area contributed by atoms with Gasteiger partial charge in [-0.1, -0.05) is 12.8 Å². The van der Waals surface area contributed by atoms with E-state index in [0.29, 0.717) is 6.04 Å². The number of terminal acetylenes is 1. The first-order valence-electron chi connectivity index (χ1n) is 6.18. The van der Waals surface area contributed by atoms with Crippen LogP contribution in [0.3, 0.4) is 0 Å². The Hall–Kier alpha value is -0.170. The molecule has 0 aromatic rings. The van der Waals surface area contributed by atoms with Gasteiger partial charge in [0.15, 0.2) is 0 Å². The van der Waals surface area contributed by atoms with E-state index in [2.05, 4.69) is 29.3 Å². The van der Waals surface area contributed by atoms with E-state index >= 15 is 0 Å². The third-order valence-corrected chi connectivity index (χ3v) is 4.33. The Labute approximate surface area is 105 Å². The highest BCUT2D eigenvalue weighted by molar-refractivity contribution is 7.99. The Morgan fingerprint density at radius 2 is 2.19 bits per heavy atom. The van der Waals surface area contributed by atoms with Crippen molar-refractivity contribution in [2.24, 2.45) is 0 Å². The van der Waals surface area contributed by atoms with Crippen molar-refractivity contribution >= 4 is 11.8 Å². The number of hydrogen-bond donors (Lipinski definition) is 1. The molecule has 92 valence electrons. The summed E-state index contributed by atoms with van der Waals surface area (Å²) in [5.74, 6) is 2.72. The van der Waals surface area contributed by atoms with Crippen LogP contribution < -0.4 is 5.32 Å². The predicted molar refractivity (Wildman–Crippen MR) is 73.9 cm³/mol. The molecule has 1 rings (SSSR count). The highest BCUT2D eigenvalue weighted by Crippen LogP contribution is 2.11. The highest BCUT2D eigenvalue weighted by Gasteiger charge is 2.17. The van der Waals surface area contributed by atoms with E-state index in [1.165, 1.54) is 19.3 Å². The van der Waals surface area contributed by atoms with Crippen LogP contribution in [0.15, 0.2) is 0 Å². The lowest BCUT2D eigenvalue weighted by atomic mass is 10.0. The molecule has 1 N–H and O–H groups in total. The van der Waals surface area contributed by atoms with E-state index in [9.17, 15) is 0 Å². The zero-order valence-electron chi connectivity index (χ0n) is 10.5. The molecule has 1 fully saturated rings. The summed E-state index contributed by atoms with van der Waals surface area (Å²) >= 11 is 1.95. The van der Waals surface area contributed by atoms with Gasteiger partial charge in [-0.3, -0.25) is 4.90 Å². The number of thioether (sulfide) groups is 1. The van der Waals surface area contributed by atoms with Crippen LogP contribution in [0.2, 0.25) is 0 Å². The zero-order valence-corrected chi connectivity index (χ0v) is 11.4. The van der Waals surface area contributed by atoms with Crippen LogP contribution in [0.4, 0.5) is 0 Å². The number of likely N-dealkylation sites (tertiary alicyclic amines) is 1. The number of piperidine rings is 1. The maximum atomic E-state index is 5.31. The molecule has 16 heavy (non-hydrogen) atoms. The normalized spacial score (nSPS) is 20.6. The van der Waals surface area contributed by atoms with Crippen molar-refractivity contribution in [3.8, 4) is 12.3 Å². The summed E-state index contributed by atoms with van der Waals surface area (Å²) in [6.07, 6.45) is 11.3. The molecule has 1 unspecified atom stereocenters. The van der Waals surface area contributed by atoms with Crippen molar-refractivity contribution in [1.82, 2.24) is 10.2 Å². The van der Waals surface area contributed by atoms with Crippen molar-refractivity contribution in [2.45, 2.75) is 37.5 Å². The Kier molecular flexibility index (Phi) is 6.95. The lowest BCUT2D eigenvalue weighted by molar-refractivity contribution is 0.218. The molecule has 0 amide bonds. The Balaban J connectivity index is 2.06. The first-order valence-corrected chi connectivity index (χ1v) is 7.47. The van der Waals surface area contributed by atoms with Gasteiger partial charge in [0.25, 0.3) is 0 Å². The predicted octanol–water partition coefficient (Wildman–Crippen LogP) is 1.82. The Bertz CT molecular complexity index is 216. The van der Waals surface area contributed by atoms with Gasteiger partial charge < -0.3 is 5.32 Å². The molecule has 0 aliphatic carbocycles. The standard InChI is InChI=1S/C13H24N2S/c1-4-9-15-10-6-13(7-11-15)14-8-5-12(2)16-3/h1,12-14H,5-11H2,2-3H3. The van der Waals surface area contributed by atoms with E-state index in [0.717, 1.165) is 31.4 Å². The molecule has 1 aliphatic rings. The average Bonchev–Trinajstić information content (AvgIpc) is 2.31. The minimum atomic E-state index is 0.711. The molecule has 0 bridgehead atoms. The molecule has 2 nitrogen and oxygen atoms in total. The van der Waals surface area contributed by atoms with E-state index in [1.807, 2.05) is 11.8 Å². The first-order chi connectivity index (χ1) is 7.76. The first kappa shape index (κ1) is 13.9. The van der Waals surface area contributed by atoms with E-state index in [-0.39, 0.29) is 0 Å². The summed E-state index contributed by atoms with van der Waals surface area (Å²) < 4.78 is 0. The SMILES string of the molecule is C#CCN1CCC(NCCC(C)SC)CC1. The van der Waals surface area contributed by atoms with Gasteiger partial charge in [0.2, 0.25) is 0 Å². The van der Waals surface area contributed by atoms with Crippen LogP contribution in [-0.4, -0.2) is 48.6 Å². The van der Waals surface area contributed by atoms with E-state index in [1.54, 1.807) is 0 Å². The molecule has 0 aromatic heterocycles. The fourth-order valence-electron chi connectivity index (χ4n) is 2.03. The van der Waals surface area contributed by atoms with Crippen LogP contribution in [-0.2, 0) is 0 Å². The summed E-state index contributed by atoms with van der Waals surface area (Å²) in [5, 5.41) is 4.43. The zero-order chi connectivity index (χ0) is 11.8. The maximum Gasteiger partial charge on any atom is 0.0598 e. The molecule has 3 heteroatoms. The molecular weight excluding hydrogens is 216 g/mol. The second kappa shape index (κ2) is 8.00. The molecule has 1 heterocycles. The third-order valence-electron chi connectivity index (χ3n) is 3.29. The molecule has 1 aliphatic heterocycles. The lowest BCUT2D eigenvalue weighted by Gasteiger charge is -2.31. The number of nitrogens with zero attached hydrogens (tertiary/aromatic N) is 1. The summed E-state index contributed by atoms with van der Waals surface area (Å²) in [7, 11) is 0. The topological polar surface area (TPSA) is 15.3 Å². The van der Waals surface area contributed by atoms with E-state index in [4.69, 9.17) is 6.42 Å². The van der Waals surface area contributed by atoms with Crippen molar-refractivity contribution in [2.75, 3.05) is 32.4 Å². The summed E-state index contributed by atoms with van der Waals surface area (Å²) in [5.41, 5.74) is 0. The van der Waals surface area contributed by atoms with Crippen LogP contribution in [0.1, 0.15) is 26.2 Å². The summed E-state index contributed by atoms with van der Waals surface area (Å²) in [6.45, 7) is 6.57. The Morgan fingerprint density at radius 1 is 1.50 bits per heavy atom. The van der Waals surface area contributed by atoms with Gasteiger partial charge in [0.1, 0.15) is 0 Å². The smallest absolute Gasteiger partial charge is 0.0598 e. The third kappa shape index (κ3) is 5.25. The minimum absolute atomic E-state index is 0.711. The largest absolute Gasteiger partial charge is 0.314 e. The second-order valence-electron chi connectivity index (χ2n) is 4.54. The van der Waals surface area contributed by atoms with Gasteiger partial charge in [0.05, 0.1) is 6.54 Å². The monoisotopic (exact) mass is 240 g/mol. The number of nitrogens with one attached hydrogen (secondary N) is 1. The molecule has 1 saturated heterocycles. The van der Waals surface area contributed by atoms with Crippen molar-refractivity contribution in [1.29, 1.82) is 0 Å². The van der Waals surface area contributed by atoms with Gasteiger partial charge in [-0.15, -0.1) is 6.42 Å². The minimum Gasteiger partial charge on any atom is -0.314 e. The fraction of sp³-hybridized carbons (Fsp3) is 0.846. The summed E-state index contributed by atoms with van der Waals surface area (Å²) in [4.78, 5) is 2.36. The maximum absolute atomic E-state index is 5.31. The van der Waals surface area contributed by atoms with Gasteiger partial charge in [-0.25, -0.2) is 0 Å². The second-order valence-corrected chi connectivity index (χ2v) is 5.82. The molecule has 0 aromatic carbocycles. The molecule has 0 radical (unpaired) electrons. The van der Waals surface area contributed by atoms with Gasteiger partial charge in [-0.2, -0.15) is 11.8 Å². The number of rotatable bonds is 6. The fourth-order valence-corrected chi connectivity index (χ4v) is 2.39. The van der Waals surface area contributed by atoms with Crippen LogP contribution in [0, 0.1) is 12.3 Å². The molecule has 0 spiro atoms. The molecule has 1 atom stereocenters. The Morgan fingerprint density at radius 3 is 2.75 bits per heavy atom. The molecule has 0 saturated carbocycles. The van der Waals surface area contributed by atoms with Crippen LogP contribution in [0.25, 0.3) is 0 Å². The van der Waals surface area contributed by atoms with E-state index < -0.39 is 0 Å². The average molecular weight is 240 g/mol. The number of hydrogen-bond acceptors (Lipinski definition) is 3. The van der Waals surface area contributed by atoms with Gasteiger partial charge >= 0.3 is 0 Å². The van der Waals surface area contributed by atoms with Crippen molar-refractivity contribution < 1.29 is 0 Å². The highest BCUT2D eigenvalue weighted by atomic mass is 32.2. The van der Waals surface area contributed by atoms with Crippen molar-refractivity contribution in [3.63, 3.8) is 0 Å². The van der Waals surface area contributed by atoms with Crippen LogP contribution in [0.5, 0.6) is 0 Å².